The number of carbonyl (C=O) groups excluding carboxylic acids is 1. The molecule has 21 heavy (non-hydrogen) atoms. The van der Waals surface area contributed by atoms with Gasteiger partial charge in [0.25, 0.3) is 5.91 Å². The molecule has 114 valence electrons. The standard InChI is InChI=1S/C15H22N4O2/c1-4-13(20)10-7-18(3)15(21)14-11-6-16-9(2)5-12(11)17-19(14)8-10/h4,9-10,13,16,20H,1,5-8H2,2-3H3/t9-,10+,13-/m1/s1. The first-order chi connectivity index (χ1) is 10.0. The quantitative estimate of drug-likeness (QED) is 0.762. The van der Waals surface area contributed by atoms with Gasteiger partial charge < -0.3 is 15.3 Å². The molecule has 0 saturated heterocycles. The predicted octanol–water partition coefficient (Wildman–Crippen LogP) is 0.166. The summed E-state index contributed by atoms with van der Waals surface area (Å²) in [6.07, 6.45) is 1.73. The minimum atomic E-state index is -0.635. The fraction of sp³-hybridized carbons (Fsp3) is 0.600. The average molecular weight is 290 g/mol. The number of nitrogens with zero attached hydrogens (tertiary/aromatic N) is 3. The third kappa shape index (κ3) is 2.38. The second kappa shape index (κ2) is 5.27. The van der Waals surface area contributed by atoms with Gasteiger partial charge in [0.1, 0.15) is 5.69 Å². The van der Waals surface area contributed by atoms with Gasteiger partial charge in [-0.2, -0.15) is 5.10 Å². The van der Waals surface area contributed by atoms with Crippen LogP contribution < -0.4 is 5.32 Å². The van der Waals surface area contributed by atoms with Crippen LogP contribution >= 0.6 is 0 Å². The Morgan fingerprint density at radius 3 is 3.00 bits per heavy atom. The number of rotatable bonds is 2. The minimum absolute atomic E-state index is 0.0149. The van der Waals surface area contributed by atoms with E-state index in [1.54, 1.807) is 16.6 Å². The zero-order chi connectivity index (χ0) is 15.1. The second-order valence-corrected chi connectivity index (χ2v) is 6.11. The summed E-state index contributed by atoms with van der Waals surface area (Å²) in [6, 6.07) is 0.374. The highest BCUT2D eigenvalue weighted by molar-refractivity contribution is 5.94. The van der Waals surface area contributed by atoms with Gasteiger partial charge >= 0.3 is 0 Å². The van der Waals surface area contributed by atoms with Crippen LogP contribution in [0.25, 0.3) is 0 Å². The number of fused-ring (bicyclic) bond motifs is 3. The second-order valence-electron chi connectivity index (χ2n) is 6.11. The zero-order valence-electron chi connectivity index (χ0n) is 12.5. The number of amides is 1. The van der Waals surface area contributed by atoms with Crippen molar-refractivity contribution in [3.63, 3.8) is 0 Å². The molecule has 0 unspecified atom stereocenters. The van der Waals surface area contributed by atoms with E-state index in [2.05, 4.69) is 23.9 Å². The van der Waals surface area contributed by atoms with Gasteiger partial charge in [0.05, 0.1) is 11.8 Å². The molecule has 1 amide bonds. The number of aromatic nitrogens is 2. The van der Waals surface area contributed by atoms with E-state index in [9.17, 15) is 9.90 Å². The number of carbonyl (C=O) groups is 1. The van der Waals surface area contributed by atoms with Crippen LogP contribution in [0.5, 0.6) is 0 Å². The Bertz CT molecular complexity index is 580. The highest BCUT2D eigenvalue weighted by Gasteiger charge is 2.34. The average Bonchev–Trinajstić information content (AvgIpc) is 2.75. The first-order valence-corrected chi connectivity index (χ1v) is 7.39. The molecule has 0 aromatic carbocycles. The van der Waals surface area contributed by atoms with Gasteiger partial charge in [0.2, 0.25) is 0 Å². The van der Waals surface area contributed by atoms with Crippen LogP contribution in [0.1, 0.15) is 28.7 Å². The van der Waals surface area contributed by atoms with E-state index < -0.39 is 6.10 Å². The van der Waals surface area contributed by atoms with Gasteiger partial charge in [0.15, 0.2) is 0 Å². The van der Waals surface area contributed by atoms with Gasteiger partial charge in [-0.25, -0.2) is 0 Å². The van der Waals surface area contributed by atoms with Crippen LogP contribution in [-0.4, -0.2) is 51.4 Å². The van der Waals surface area contributed by atoms with Crippen molar-refractivity contribution in [1.82, 2.24) is 20.0 Å². The van der Waals surface area contributed by atoms with Gasteiger partial charge in [-0.15, -0.1) is 6.58 Å². The van der Waals surface area contributed by atoms with E-state index in [0.717, 1.165) is 17.7 Å². The molecule has 0 bridgehead atoms. The van der Waals surface area contributed by atoms with E-state index in [4.69, 9.17) is 0 Å². The molecule has 0 aliphatic carbocycles. The normalized spacial score (nSPS) is 26.8. The van der Waals surface area contributed by atoms with Crippen molar-refractivity contribution in [2.75, 3.05) is 13.6 Å². The Hall–Kier alpha value is -1.66. The lowest BCUT2D eigenvalue weighted by Crippen LogP contribution is -2.36. The van der Waals surface area contributed by atoms with Crippen molar-refractivity contribution >= 4 is 5.91 Å². The lowest BCUT2D eigenvalue weighted by Gasteiger charge is -2.23. The maximum Gasteiger partial charge on any atom is 0.272 e. The van der Waals surface area contributed by atoms with Crippen LogP contribution in [-0.2, 0) is 19.5 Å². The van der Waals surface area contributed by atoms with Gasteiger partial charge in [-0.05, 0) is 6.92 Å². The molecule has 3 heterocycles. The van der Waals surface area contributed by atoms with E-state index in [1.807, 2.05) is 0 Å². The number of aliphatic hydroxyl groups excluding tert-OH is 1. The summed E-state index contributed by atoms with van der Waals surface area (Å²) in [5.41, 5.74) is 2.69. The zero-order valence-corrected chi connectivity index (χ0v) is 12.5. The first kappa shape index (κ1) is 14.3. The van der Waals surface area contributed by atoms with E-state index in [0.29, 0.717) is 31.4 Å². The Morgan fingerprint density at radius 1 is 1.52 bits per heavy atom. The molecule has 0 saturated carbocycles. The Morgan fingerprint density at radius 2 is 2.29 bits per heavy atom. The summed E-state index contributed by atoms with van der Waals surface area (Å²) >= 11 is 0. The maximum atomic E-state index is 12.6. The fourth-order valence-corrected chi connectivity index (χ4v) is 3.21. The first-order valence-electron chi connectivity index (χ1n) is 7.39. The summed E-state index contributed by atoms with van der Waals surface area (Å²) in [5.74, 6) is -0.0942. The highest BCUT2D eigenvalue weighted by atomic mass is 16.3. The molecular weight excluding hydrogens is 268 g/mol. The van der Waals surface area contributed by atoms with Crippen LogP contribution in [0.2, 0.25) is 0 Å². The monoisotopic (exact) mass is 290 g/mol. The largest absolute Gasteiger partial charge is 0.389 e. The van der Waals surface area contributed by atoms with Crippen molar-refractivity contribution in [2.45, 2.75) is 38.6 Å². The SMILES string of the molecule is C=C[C@@H](O)[C@H]1CN(C)C(=O)c2c3c(nn2C1)C[C@@H](C)NC3. The van der Waals surface area contributed by atoms with Crippen LogP contribution in [0, 0.1) is 5.92 Å². The van der Waals surface area contributed by atoms with Gasteiger partial charge in [-0.3, -0.25) is 9.48 Å². The van der Waals surface area contributed by atoms with Crippen molar-refractivity contribution in [2.24, 2.45) is 5.92 Å². The minimum Gasteiger partial charge on any atom is -0.389 e. The molecular formula is C15H22N4O2. The molecule has 6 heteroatoms. The molecule has 2 aliphatic rings. The Balaban J connectivity index is 2.03. The summed E-state index contributed by atoms with van der Waals surface area (Å²) in [4.78, 5) is 14.3. The molecule has 1 aromatic heterocycles. The Kier molecular flexibility index (Phi) is 3.59. The summed E-state index contributed by atoms with van der Waals surface area (Å²) in [7, 11) is 1.78. The summed E-state index contributed by atoms with van der Waals surface area (Å²) in [6.45, 7) is 7.50. The Labute approximate surface area is 124 Å². The molecule has 0 radical (unpaired) electrons. The van der Waals surface area contributed by atoms with E-state index in [1.165, 1.54) is 6.08 Å². The topological polar surface area (TPSA) is 70.4 Å². The number of hydrogen-bond acceptors (Lipinski definition) is 4. The van der Waals surface area contributed by atoms with Crippen LogP contribution in [0.15, 0.2) is 12.7 Å². The van der Waals surface area contributed by atoms with Crippen LogP contribution in [0.4, 0.5) is 0 Å². The fourth-order valence-electron chi connectivity index (χ4n) is 3.21. The third-order valence-corrected chi connectivity index (χ3v) is 4.45. The number of nitrogens with one attached hydrogen (secondary N) is 1. The lowest BCUT2D eigenvalue weighted by molar-refractivity contribution is 0.0726. The van der Waals surface area contributed by atoms with E-state index in [-0.39, 0.29) is 11.8 Å². The molecule has 2 N–H and O–H groups in total. The molecule has 6 nitrogen and oxygen atoms in total. The van der Waals surface area contributed by atoms with Crippen molar-refractivity contribution < 1.29 is 9.90 Å². The van der Waals surface area contributed by atoms with Crippen LogP contribution in [0.3, 0.4) is 0 Å². The van der Waals surface area contributed by atoms with Gasteiger partial charge in [0, 0.05) is 50.6 Å². The lowest BCUT2D eigenvalue weighted by atomic mass is 10.0. The van der Waals surface area contributed by atoms with Crippen molar-refractivity contribution in [3.05, 3.63) is 29.6 Å². The predicted molar refractivity (Wildman–Crippen MR) is 78.9 cm³/mol. The van der Waals surface area contributed by atoms with E-state index >= 15 is 0 Å². The molecule has 3 rings (SSSR count). The number of aliphatic hydroxyl groups is 1. The maximum absolute atomic E-state index is 12.6. The molecule has 3 atom stereocenters. The molecule has 0 spiro atoms. The molecule has 0 fully saturated rings. The summed E-state index contributed by atoms with van der Waals surface area (Å²) in [5, 5.41) is 18.1. The highest BCUT2D eigenvalue weighted by Crippen LogP contribution is 2.26. The molecule has 1 aromatic rings. The van der Waals surface area contributed by atoms with Gasteiger partial charge in [-0.1, -0.05) is 6.08 Å². The smallest absolute Gasteiger partial charge is 0.272 e. The summed E-state index contributed by atoms with van der Waals surface area (Å²) < 4.78 is 1.79. The molecule has 2 aliphatic heterocycles. The third-order valence-electron chi connectivity index (χ3n) is 4.45. The van der Waals surface area contributed by atoms with Crippen molar-refractivity contribution in [1.29, 1.82) is 0 Å². The van der Waals surface area contributed by atoms with Crippen molar-refractivity contribution in [3.8, 4) is 0 Å². The number of hydrogen-bond donors (Lipinski definition) is 2.